The number of ether oxygens (including phenoxy) is 1. The summed E-state index contributed by atoms with van der Waals surface area (Å²) >= 11 is 0. The molecule has 0 radical (unpaired) electrons. The Balaban J connectivity index is 1.52. The van der Waals surface area contributed by atoms with E-state index in [0.29, 0.717) is 12.6 Å². The highest BCUT2D eigenvalue weighted by atomic mass is 16.5. The van der Waals surface area contributed by atoms with Crippen molar-refractivity contribution in [3.8, 4) is 0 Å². The summed E-state index contributed by atoms with van der Waals surface area (Å²) in [5.41, 5.74) is 2.73. The highest BCUT2D eigenvalue weighted by Gasteiger charge is 2.34. The number of aromatic nitrogens is 5. The fourth-order valence-electron chi connectivity index (χ4n) is 5.96. The van der Waals surface area contributed by atoms with E-state index in [9.17, 15) is 4.79 Å². The fraction of sp³-hybridized carbons (Fsp3) is 0.630. The van der Waals surface area contributed by atoms with Crippen molar-refractivity contribution >= 4 is 10.9 Å². The first kappa shape index (κ1) is 24.1. The molecule has 2 aliphatic rings. The lowest BCUT2D eigenvalue weighted by Gasteiger charge is -2.36. The molecule has 2 aromatic heterocycles. The first-order chi connectivity index (χ1) is 17.0. The lowest BCUT2D eigenvalue weighted by molar-refractivity contribution is 0.0375. The van der Waals surface area contributed by atoms with E-state index >= 15 is 0 Å². The van der Waals surface area contributed by atoms with Crippen molar-refractivity contribution in [2.45, 2.75) is 90.4 Å². The molecule has 3 aromatic rings. The third kappa shape index (κ3) is 5.19. The van der Waals surface area contributed by atoms with Gasteiger partial charge in [-0.2, -0.15) is 0 Å². The minimum absolute atomic E-state index is 0.0104. The van der Waals surface area contributed by atoms with Crippen LogP contribution in [-0.4, -0.2) is 49.3 Å². The standard InChI is InChI=1S/C27H38N6O2/c1-18(2)25(26-29-30-31-33(26)22-11-5-4-6-12-22)32(17-23-13-8-14-35-23)16-21-15-20-10-7-9-19(3)24(20)28-27(21)34/h7,9-10,15,18,22-23,25H,4-6,8,11-14,16-17H2,1-3H3,(H,28,34)/t23-,25-/m0/s1. The highest BCUT2D eigenvalue weighted by molar-refractivity contribution is 5.81. The van der Waals surface area contributed by atoms with Crippen molar-refractivity contribution in [2.24, 2.45) is 5.92 Å². The van der Waals surface area contributed by atoms with Gasteiger partial charge in [0, 0.05) is 25.3 Å². The van der Waals surface area contributed by atoms with Crippen LogP contribution in [0, 0.1) is 12.8 Å². The maximum absolute atomic E-state index is 13.2. The van der Waals surface area contributed by atoms with Crippen LogP contribution in [0.15, 0.2) is 29.1 Å². The van der Waals surface area contributed by atoms with Gasteiger partial charge in [0.1, 0.15) is 0 Å². The van der Waals surface area contributed by atoms with Gasteiger partial charge in [0.25, 0.3) is 5.56 Å². The van der Waals surface area contributed by atoms with Gasteiger partial charge in [-0.3, -0.25) is 9.69 Å². The Bertz CT molecular complexity index is 1190. The minimum atomic E-state index is -0.0291. The largest absolute Gasteiger partial charge is 0.377 e. The van der Waals surface area contributed by atoms with Crippen LogP contribution in [0.3, 0.4) is 0 Å². The van der Waals surface area contributed by atoms with E-state index in [2.05, 4.69) is 50.0 Å². The van der Waals surface area contributed by atoms with E-state index < -0.39 is 0 Å². The molecule has 35 heavy (non-hydrogen) atoms. The summed E-state index contributed by atoms with van der Waals surface area (Å²) in [5, 5.41) is 14.2. The van der Waals surface area contributed by atoms with Gasteiger partial charge >= 0.3 is 0 Å². The van der Waals surface area contributed by atoms with Crippen molar-refractivity contribution in [1.29, 1.82) is 0 Å². The molecule has 8 nitrogen and oxygen atoms in total. The van der Waals surface area contributed by atoms with Crippen molar-refractivity contribution < 1.29 is 4.74 Å². The van der Waals surface area contributed by atoms with E-state index in [1.54, 1.807) is 0 Å². The number of nitrogens with one attached hydrogen (secondary N) is 1. The van der Waals surface area contributed by atoms with Crippen LogP contribution in [0.4, 0.5) is 0 Å². The molecule has 8 heteroatoms. The van der Waals surface area contributed by atoms with Gasteiger partial charge in [-0.1, -0.05) is 51.3 Å². The quantitative estimate of drug-likeness (QED) is 0.505. The Morgan fingerprint density at radius 2 is 2.00 bits per heavy atom. The monoisotopic (exact) mass is 478 g/mol. The number of benzene rings is 1. The van der Waals surface area contributed by atoms with Crippen molar-refractivity contribution in [3.05, 3.63) is 51.6 Å². The van der Waals surface area contributed by atoms with Crippen LogP contribution >= 0.6 is 0 Å². The van der Waals surface area contributed by atoms with Crippen LogP contribution in [0.5, 0.6) is 0 Å². The van der Waals surface area contributed by atoms with Crippen LogP contribution < -0.4 is 5.56 Å². The Hall–Kier alpha value is -2.58. The fourth-order valence-corrected chi connectivity index (χ4v) is 5.96. The molecular weight excluding hydrogens is 440 g/mol. The second-order valence-corrected chi connectivity index (χ2v) is 10.7. The van der Waals surface area contributed by atoms with Gasteiger partial charge in [-0.05, 0) is 66.0 Å². The summed E-state index contributed by atoms with van der Waals surface area (Å²) in [4.78, 5) is 18.7. The Kier molecular flexibility index (Phi) is 7.29. The van der Waals surface area contributed by atoms with Gasteiger partial charge in [0.15, 0.2) is 5.82 Å². The summed E-state index contributed by atoms with van der Waals surface area (Å²) in [6, 6.07) is 8.53. The van der Waals surface area contributed by atoms with Gasteiger partial charge in [-0.25, -0.2) is 4.68 Å². The average Bonchev–Trinajstić information content (AvgIpc) is 3.53. The number of H-pyrrole nitrogens is 1. The average molecular weight is 479 g/mol. The molecule has 0 bridgehead atoms. The third-order valence-electron chi connectivity index (χ3n) is 7.73. The number of pyridine rings is 1. The predicted molar refractivity (Wildman–Crippen MR) is 136 cm³/mol. The van der Waals surface area contributed by atoms with Crippen LogP contribution in [0.1, 0.15) is 87.8 Å². The molecule has 1 saturated carbocycles. The molecule has 0 unspecified atom stereocenters. The van der Waals surface area contributed by atoms with Crippen molar-refractivity contribution in [1.82, 2.24) is 30.1 Å². The number of tetrazole rings is 1. The number of fused-ring (bicyclic) bond motifs is 1. The van der Waals surface area contributed by atoms with Crippen LogP contribution in [-0.2, 0) is 11.3 Å². The molecule has 2 atom stereocenters. The van der Waals surface area contributed by atoms with E-state index in [0.717, 1.165) is 66.7 Å². The molecule has 3 heterocycles. The molecule has 188 valence electrons. The van der Waals surface area contributed by atoms with E-state index in [1.807, 2.05) is 25.1 Å². The maximum atomic E-state index is 13.2. The van der Waals surface area contributed by atoms with E-state index in [-0.39, 0.29) is 23.6 Å². The number of hydrogen-bond donors (Lipinski definition) is 1. The maximum Gasteiger partial charge on any atom is 0.252 e. The Morgan fingerprint density at radius 1 is 1.17 bits per heavy atom. The van der Waals surface area contributed by atoms with Crippen molar-refractivity contribution in [2.75, 3.05) is 13.2 Å². The van der Waals surface area contributed by atoms with Crippen LogP contribution in [0.25, 0.3) is 10.9 Å². The molecule has 0 amide bonds. The Labute approximate surface area is 207 Å². The smallest absolute Gasteiger partial charge is 0.252 e. The number of nitrogens with zero attached hydrogens (tertiary/aromatic N) is 5. The normalized spacial score (nSPS) is 20.3. The summed E-state index contributed by atoms with van der Waals surface area (Å²) in [6.07, 6.45) is 8.27. The lowest BCUT2D eigenvalue weighted by Crippen LogP contribution is -2.40. The molecule has 1 N–H and O–H groups in total. The van der Waals surface area contributed by atoms with E-state index in [4.69, 9.17) is 4.74 Å². The first-order valence-electron chi connectivity index (χ1n) is 13.3. The molecule has 1 aromatic carbocycles. The summed E-state index contributed by atoms with van der Waals surface area (Å²) in [7, 11) is 0. The molecule has 1 aliphatic carbocycles. The SMILES string of the molecule is Cc1cccc2cc(CN(C[C@@H]3CCCO3)[C@H](c3nnnn3C3CCCCC3)C(C)C)c(=O)[nH]c12. The number of aromatic amines is 1. The number of aryl methyl sites for hydroxylation is 1. The van der Waals surface area contributed by atoms with Gasteiger partial charge in [0.05, 0.1) is 23.7 Å². The second kappa shape index (κ2) is 10.6. The molecule has 0 spiro atoms. The molecule has 1 saturated heterocycles. The van der Waals surface area contributed by atoms with Gasteiger partial charge in [0.2, 0.25) is 0 Å². The summed E-state index contributed by atoms with van der Waals surface area (Å²) in [6.45, 7) is 8.56. The number of hydrogen-bond acceptors (Lipinski definition) is 6. The van der Waals surface area contributed by atoms with E-state index in [1.165, 1.54) is 19.3 Å². The van der Waals surface area contributed by atoms with Gasteiger partial charge in [-0.15, -0.1) is 5.10 Å². The van der Waals surface area contributed by atoms with Crippen molar-refractivity contribution in [3.63, 3.8) is 0 Å². The predicted octanol–water partition coefficient (Wildman–Crippen LogP) is 4.71. The second-order valence-electron chi connectivity index (χ2n) is 10.7. The summed E-state index contributed by atoms with van der Waals surface area (Å²) < 4.78 is 8.13. The highest BCUT2D eigenvalue weighted by Crippen LogP contribution is 2.34. The molecule has 1 aliphatic heterocycles. The van der Waals surface area contributed by atoms with Crippen LogP contribution in [0.2, 0.25) is 0 Å². The zero-order valence-electron chi connectivity index (χ0n) is 21.2. The van der Waals surface area contributed by atoms with Gasteiger partial charge < -0.3 is 9.72 Å². The Morgan fingerprint density at radius 3 is 2.74 bits per heavy atom. The minimum Gasteiger partial charge on any atom is -0.377 e. The third-order valence-corrected chi connectivity index (χ3v) is 7.73. The molecule has 2 fully saturated rings. The number of para-hydroxylation sites is 1. The zero-order chi connectivity index (χ0) is 24.4. The zero-order valence-corrected chi connectivity index (χ0v) is 21.2. The topological polar surface area (TPSA) is 88.9 Å². The molecule has 5 rings (SSSR count). The summed E-state index contributed by atoms with van der Waals surface area (Å²) in [5.74, 6) is 1.18. The first-order valence-corrected chi connectivity index (χ1v) is 13.3. The number of rotatable bonds is 8. The molecular formula is C27H38N6O2. The lowest BCUT2D eigenvalue weighted by atomic mass is 9.94.